The van der Waals surface area contributed by atoms with Crippen molar-refractivity contribution in [3.05, 3.63) is 0 Å². The van der Waals surface area contributed by atoms with Crippen LogP contribution in [-0.2, 0) is 14.3 Å². The molecule has 102 valence electrons. The average molecular weight is 267 g/mol. The van der Waals surface area contributed by atoms with Crippen LogP contribution in [0, 0.1) is 0 Å². The Balaban J connectivity index is 0. The molecule has 0 aromatic rings. The number of carbonyl (C=O) groups is 2. The number of nitrogens with one attached hydrogen (secondary N) is 1. The van der Waals surface area contributed by atoms with Crippen molar-refractivity contribution in [3.8, 4) is 0 Å². The van der Waals surface area contributed by atoms with E-state index in [0.717, 1.165) is 25.7 Å². The van der Waals surface area contributed by atoms with E-state index < -0.39 is 0 Å². The zero-order chi connectivity index (χ0) is 12.2. The van der Waals surface area contributed by atoms with Crippen molar-refractivity contribution in [1.82, 2.24) is 5.32 Å². The summed E-state index contributed by atoms with van der Waals surface area (Å²) in [7, 11) is 1.33. The lowest BCUT2D eigenvalue weighted by Gasteiger charge is -2.04. The standard InChI is InChI=1S/C11H22N2O3.ClH/c1-16-11(15)7-9-13-10(14)6-4-2-3-5-8-12;/h2-9,12H2,1H3,(H,13,14);1H. The Kier molecular flexibility index (Phi) is 14.5. The molecule has 1 amide bonds. The van der Waals surface area contributed by atoms with Crippen molar-refractivity contribution in [2.45, 2.75) is 38.5 Å². The van der Waals surface area contributed by atoms with Crippen molar-refractivity contribution in [2.75, 3.05) is 20.2 Å². The van der Waals surface area contributed by atoms with E-state index in [2.05, 4.69) is 10.1 Å². The molecule has 0 aliphatic rings. The third-order valence-electron chi connectivity index (χ3n) is 2.24. The summed E-state index contributed by atoms with van der Waals surface area (Å²) in [6, 6.07) is 0. The van der Waals surface area contributed by atoms with E-state index in [1.54, 1.807) is 0 Å². The fraction of sp³-hybridized carbons (Fsp3) is 0.818. The minimum absolute atomic E-state index is 0. The molecule has 0 aromatic carbocycles. The number of hydrogen-bond acceptors (Lipinski definition) is 4. The second kappa shape index (κ2) is 13.3. The van der Waals surface area contributed by atoms with Gasteiger partial charge < -0.3 is 15.8 Å². The summed E-state index contributed by atoms with van der Waals surface area (Å²) in [5.74, 6) is -0.306. The van der Waals surface area contributed by atoms with Gasteiger partial charge in [0.2, 0.25) is 5.91 Å². The minimum atomic E-state index is -0.303. The van der Waals surface area contributed by atoms with Crippen LogP contribution in [0.25, 0.3) is 0 Å². The summed E-state index contributed by atoms with van der Waals surface area (Å²) in [4.78, 5) is 22.0. The Hall–Kier alpha value is -0.810. The third-order valence-corrected chi connectivity index (χ3v) is 2.24. The van der Waals surface area contributed by atoms with Crippen LogP contribution in [0.4, 0.5) is 0 Å². The number of esters is 1. The summed E-state index contributed by atoms with van der Waals surface area (Å²) in [6.45, 7) is 1.07. The SMILES string of the molecule is COC(=O)CCNC(=O)CCCCCCN.Cl. The van der Waals surface area contributed by atoms with E-state index in [4.69, 9.17) is 5.73 Å². The Morgan fingerprint density at radius 2 is 1.76 bits per heavy atom. The van der Waals surface area contributed by atoms with Gasteiger partial charge in [-0.2, -0.15) is 0 Å². The summed E-state index contributed by atoms with van der Waals surface area (Å²) in [6.07, 6.45) is 4.75. The first-order valence-electron chi connectivity index (χ1n) is 5.74. The smallest absolute Gasteiger partial charge is 0.307 e. The maximum Gasteiger partial charge on any atom is 0.307 e. The first-order chi connectivity index (χ1) is 7.70. The molecule has 0 spiro atoms. The Morgan fingerprint density at radius 1 is 1.12 bits per heavy atom. The van der Waals surface area contributed by atoms with Crippen LogP contribution in [0.2, 0.25) is 0 Å². The highest BCUT2D eigenvalue weighted by molar-refractivity contribution is 5.85. The molecule has 0 atom stereocenters. The normalized spacial score (nSPS) is 9.29. The molecule has 0 fully saturated rings. The molecule has 0 saturated carbocycles. The number of rotatable bonds is 9. The molecule has 5 nitrogen and oxygen atoms in total. The highest BCUT2D eigenvalue weighted by atomic mass is 35.5. The second-order valence-corrected chi connectivity index (χ2v) is 3.63. The lowest BCUT2D eigenvalue weighted by atomic mass is 10.1. The molecule has 0 saturated heterocycles. The van der Waals surface area contributed by atoms with Gasteiger partial charge in [0.1, 0.15) is 0 Å². The van der Waals surface area contributed by atoms with Crippen LogP contribution in [0.3, 0.4) is 0 Å². The zero-order valence-corrected chi connectivity index (χ0v) is 11.2. The van der Waals surface area contributed by atoms with E-state index in [-0.39, 0.29) is 30.7 Å². The van der Waals surface area contributed by atoms with E-state index in [1.807, 2.05) is 0 Å². The summed E-state index contributed by atoms with van der Waals surface area (Å²) < 4.78 is 4.46. The van der Waals surface area contributed by atoms with Crippen molar-refractivity contribution in [3.63, 3.8) is 0 Å². The van der Waals surface area contributed by atoms with Crippen molar-refractivity contribution < 1.29 is 14.3 Å². The molecule has 17 heavy (non-hydrogen) atoms. The number of nitrogens with two attached hydrogens (primary N) is 1. The van der Waals surface area contributed by atoms with Gasteiger partial charge in [-0.25, -0.2) is 0 Å². The molecule has 0 heterocycles. The molecular weight excluding hydrogens is 244 g/mol. The van der Waals surface area contributed by atoms with E-state index in [1.165, 1.54) is 7.11 Å². The van der Waals surface area contributed by atoms with Gasteiger partial charge in [0.25, 0.3) is 0 Å². The summed E-state index contributed by atoms with van der Waals surface area (Å²) >= 11 is 0. The summed E-state index contributed by atoms with van der Waals surface area (Å²) in [5, 5.41) is 2.67. The quantitative estimate of drug-likeness (QED) is 0.482. The maximum absolute atomic E-state index is 11.3. The number of methoxy groups -OCH3 is 1. The molecule has 0 aliphatic carbocycles. The van der Waals surface area contributed by atoms with Crippen LogP contribution in [0.1, 0.15) is 38.5 Å². The predicted molar refractivity (Wildman–Crippen MR) is 69.0 cm³/mol. The van der Waals surface area contributed by atoms with Crippen LogP contribution < -0.4 is 11.1 Å². The largest absolute Gasteiger partial charge is 0.469 e. The lowest BCUT2D eigenvalue weighted by Crippen LogP contribution is -2.25. The first kappa shape index (κ1) is 18.6. The fourth-order valence-corrected chi connectivity index (χ4v) is 1.28. The Morgan fingerprint density at radius 3 is 2.35 bits per heavy atom. The number of unbranched alkanes of at least 4 members (excludes halogenated alkanes) is 3. The number of ether oxygens (including phenoxy) is 1. The van der Waals surface area contributed by atoms with Gasteiger partial charge in [-0.1, -0.05) is 12.8 Å². The molecule has 6 heteroatoms. The topological polar surface area (TPSA) is 81.4 Å². The second-order valence-electron chi connectivity index (χ2n) is 3.63. The van der Waals surface area contributed by atoms with Gasteiger partial charge in [0.05, 0.1) is 13.5 Å². The van der Waals surface area contributed by atoms with Crippen LogP contribution >= 0.6 is 12.4 Å². The Bertz CT molecular complexity index is 213. The highest BCUT2D eigenvalue weighted by Gasteiger charge is 2.03. The van der Waals surface area contributed by atoms with Crippen molar-refractivity contribution >= 4 is 24.3 Å². The maximum atomic E-state index is 11.3. The van der Waals surface area contributed by atoms with Gasteiger partial charge in [0.15, 0.2) is 0 Å². The average Bonchev–Trinajstić information content (AvgIpc) is 2.28. The molecule has 0 radical (unpaired) electrons. The van der Waals surface area contributed by atoms with E-state index in [0.29, 0.717) is 19.5 Å². The minimum Gasteiger partial charge on any atom is -0.469 e. The number of amides is 1. The molecule has 0 aliphatic heterocycles. The number of halogens is 1. The van der Waals surface area contributed by atoms with E-state index in [9.17, 15) is 9.59 Å². The van der Waals surface area contributed by atoms with Gasteiger partial charge in [-0.15, -0.1) is 12.4 Å². The molecular formula is C11H23ClN2O3. The zero-order valence-electron chi connectivity index (χ0n) is 10.4. The van der Waals surface area contributed by atoms with Crippen LogP contribution in [0.15, 0.2) is 0 Å². The summed E-state index contributed by atoms with van der Waals surface area (Å²) in [5.41, 5.74) is 5.35. The van der Waals surface area contributed by atoms with Crippen LogP contribution in [0.5, 0.6) is 0 Å². The Labute approximate surface area is 109 Å². The monoisotopic (exact) mass is 266 g/mol. The molecule has 0 bridgehead atoms. The molecule has 0 aromatic heterocycles. The molecule has 3 N–H and O–H groups in total. The van der Waals surface area contributed by atoms with Gasteiger partial charge in [-0.05, 0) is 19.4 Å². The lowest BCUT2D eigenvalue weighted by molar-refractivity contribution is -0.140. The van der Waals surface area contributed by atoms with E-state index >= 15 is 0 Å². The fourth-order valence-electron chi connectivity index (χ4n) is 1.28. The van der Waals surface area contributed by atoms with Gasteiger partial charge in [-0.3, -0.25) is 9.59 Å². The van der Waals surface area contributed by atoms with Gasteiger partial charge in [0, 0.05) is 13.0 Å². The third kappa shape index (κ3) is 13.1. The molecule has 0 rings (SSSR count). The molecule has 0 unspecified atom stereocenters. The van der Waals surface area contributed by atoms with Crippen LogP contribution in [-0.4, -0.2) is 32.1 Å². The highest BCUT2D eigenvalue weighted by Crippen LogP contribution is 2.01. The predicted octanol–water partition coefficient (Wildman–Crippen LogP) is 0.997. The van der Waals surface area contributed by atoms with Gasteiger partial charge >= 0.3 is 5.97 Å². The number of carbonyl (C=O) groups excluding carboxylic acids is 2. The van der Waals surface area contributed by atoms with Crippen molar-refractivity contribution in [1.29, 1.82) is 0 Å². The van der Waals surface area contributed by atoms with Crippen molar-refractivity contribution in [2.24, 2.45) is 5.73 Å². The first-order valence-corrected chi connectivity index (χ1v) is 5.74. The number of hydrogen-bond donors (Lipinski definition) is 2.